The van der Waals surface area contributed by atoms with E-state index in [0.29, 0.717) is 63.0 Å². The molecular formula is C69H92N10O10. The molecule has 2 saturated heterocycles. The van der Waals surface area contributed by atoms with Crippen molar-refractivity contribution >= 4 is 47.6 Å². The zero-order valence-corrected chi connectivity index (χ0v) is 53.0. The Morgan fingerprint density at radius 1 is 0.506 bits per heavy atom. The van der Waals surface area contributed by atoms with Crippen molar-refractivity contribution in [3.63, 3.8) is 0 Å². The smallest absolute Gasteiger partial charge is 0.251 e. The molecule has 89 heavy (non-hydrogen) atoms. The molecule has 2 aliphatic heterocycles. The van der Waals surface area contributed by atoms with Crippen molar-refractivity contribution < 1.29 is 47.8 Å². The fourth-order valence-corrected chi connectivity index (χ4v) is 10.8. The molecule has 0 radical (unpaired) electrons. The Kier molecular flexibility index (Phi) is 27.2. The van der Waals surface area contributed by atoms with Crippen LogP contribution in [0.5, 0.6) is 0 Å². The summed E-state index contributed by atoms with van der Waals surface area (Å²) in [5.41, 5.74) is 3.74. The van der Waals surface area contributed by atoms with Crippen molar-refractivity contribution in [2.45, 2.75) is 129 Å². The first kappa shape index (κ1) is 70.0. The van der Waals surface area contributed by atoms with Crippen molar-refractivity contribution in [1.82, 2.24) is 52.3 Å². The molecule has 2 fully saturated rings. The predicted octanol–water partition coefficient (Wildman–Crippen LogP) is 4.76. The molecule has 0 bridgehead atoms. The maximum absolute atomic E-state index is 14.3. The van der Waals surface area contributed by atoms with Crippen LogP contribution in [0.25, 0.3) is 0 Å². The summed E-state index contributed by atoms with van der Waals surface area (Å²) in [6, 6.07) is 41.1. The molecule has 5 aromatic rings. The van der Waals surface area contributed by atoms with Crippen LogP contribution in [0.4, 0.5) is 0 Å². The molecule has 0 aliphatic carbocycles. The maximum Gasteiger partial charge on any atom is 0.251 e. The molecule has 0 saturated carbocycles. The molecule has 7 amide bonds. The first-order valence-electron chi connectivity index (χ1n) is 30.5. The third-order valence-corrected chi connectivity index (χ3v) is 15.5. The molecule has 0 aromatic heterocycles. The monoisotopic (exact) mass is 1220 g/mol. The molecule has 2 heterocycles. The molecule has 478 valence electrons. The SMILES string of the molecule is CNCC(=O)NC(C(=O)N1CC(NC(=O)c2ccc(C=O)cc2)CC1C(=O)NC(COCc1ccccc1)Cc1ccccc1)C(C)(C)C.CNCC(=O)NC(C(=O)N1CC(NC)CC1C(=O)NC(COCc1ccccc1)Cc1ccccc1)C(C)(C)C. The van der Waals surface area contributed by atoms with Crippen LogP contribution in [0.15, 0.2) is 146 Å². The van der Waals surface area contributed by atoms with E-state index in [-0.39, 0.29) is 80.2 Å². The zero-order chi connectivity index (χ0) is 64.5. The third-order valence-electron chi connectivity index (χ3n) is 15.5. The lowest BCUT2D eigenvalue weighted by Crippen LogP contribution is -2.59. The number of rotatable bonds is 28. The average Bonchev–Trinajstić information content (AvgIpc) is 2.69. The first-order valence-corrected chi connectivity index (χ1v) is 30.5. The van der Waals surface area contributed by atoms with Crippen molar-refractivity contribution in [1.29, 1.82) is 0 Å². The van der Waals surface area contributed by atoms with Gasteiger partial charge in [0.15, 0.2) is 0 Å². The molecule has 20 heteroatoms. The Bertz CT molecular complexity index is 3050. The van der Waals surface area contributed by atoms with Crippen LogP contribution in [0, 0.1) is 10.8 Å². The largest absolute Gasteiger partial charge is 0.375 e. The van der Waals surface area contributed by atoms with Crippen LogP contribution in [-0.2, 0) is 64.3 Å². The van der Waals surface area contributed by atoms with E-state index in [2.05, 4.69) is 42.5 Å². The van der Waals surface area contributed by atoms with Gasteiger partial charge in [-0.3, -0.25) is 38.4 Å². The molecule has 5 aromatic carbocycles. The van der Waals surface area contributed by atoms with Crippen LogP contribution in [-0.4, -0.2) is 166 Å². The second kappa shape index (κ2) is 34.6. The van der Waals surface area contributed by atoms with Crippen LogP contribution in [0.1, 0.15) is 97.4 Å². The lowest BCUT2D eigenvalue weighted by atomic mass is 9.85. The van der Waals surface area contributed by atoms with E-state index >= 15 is 0 Å². The highest BCUT2D eigenvalue weighted by Gasteiger charge is 2.47. The van der Waals surface area contributed by atoms with Gasteiger partial charge in [0.25, 0.3) is 5.91 Å². The highest BCUT2D eigenvalue weighted by atomic mass is 16.5. The topological polar surface area (TPSA) is 258 Å². The quantitative estimate of drug-likeness (QED) is 0.0315. The van der Waals surface area contributed by atoms with E-state index in [1.807, 2.05) is 170 Å². The van der Waals surface area contributed by atoms with E-state index in [9.17, 15) is 38.4 Å². The number of aldehydes is 1. The van der Waals surface area contributed by atoms with Gasteiger partial charge in [-0.1, -0.05) is 175 Å². The third kappa shape index (κ3) is 22.1. The summed E-state index contributed by atoms with van der Waals surface area (Å²) in [5, 5.41) is 23.8. The standard InChI is InChI=1S/C38H47N5O6.C31H45N5O4/c1-38(2,3)34(42-33(45)21-39-4)37(48)43-22-30(40-35(46)29-17-15-27(23-44)16-18-29)20-32(43)36(47)41-31(19-26-11-7-5-8-12-26)25-49-24-28-13-9-6-10-14-28;1-31(2,3)28(35-27(37)18-32-4)30(39)36-19-24(33-5)17-26(36)29(38)34-25(16-22-12-8-6-9-13-22)21-40-20-23-14-10-7-11-15-23/h5-18,23,30-32,34,39H,19-22,24-25H2,1-4H3,(H,40,46)(H,41,47)(H,42,45);6-15,24-26,28,32-33H,16-21H2,1-5H3,(H,34,38)(H,35,37). The number of nitrogens with one attached hydrogen (secondary N) is 8. The molecule has 7 rings (SSSR count). The number of hydrogen-bond acceptors (Lipinski definition) is 13. The number of hydrogen-bond donors (Lipinski definition) is 8. The summed E-state index contributed by atoms with van der Waals surface area (Å²) in [5.74, 6) is -2.26. The molecule has 0 spiro atoms. The second-order valence-electron chi connectivity index (χ2n) is 25.0. The summed E-state index contributed by atoms with van der Waals surface area (Å²) >= 11 is 0. The Balaban J connectivity index is 0.000000290. The minimum Gasteiger partial charge on any atom is -0.375 e. The van der Waals surface area contributed by atoms with Gasteiger partial charge in [0.2, 0.25) is 35.4 Å². The Hall–Kier alpha value is -8.14. The second-order valence-corrected chi connectivity index (χ2v) is 25.0. The minimum atomic E-state index is -0.927. The van der Waals surface area contributed by atoms with Gasteiger partial charge in [-0.15, -0.1) is 0 Å². The van der Waals surface area contributed by atoms with E-state index in [1.54, 1.807) is 43.3 Å². The van der Waals surface area contributed by atoms with Crippen molar-refractivity contribution in [3.05, 3.63) is 179 Å². The number of nitrogens with zero attached hydrogens (tertiary/aromatic N) is 2. The van der Waals surface area contributed by atoms with Gasteiger partial charge in [0, 0.05) is 36.3 Å². The summed E-state index contributed by atoms with van der Waals surface area (Å²) in [7, 11) is 5.16. The van der Waals surface area contributed by atoms with Gasteiger partial charge in [-0.25, -0.2) is 0 Å². The number of carbonyl (C=O) groups is 8. The average molecular weight is 1220 g/mol. The van der Waals surface area contributed by atoms with Crippen LogP contribution in [0.3, 0.4) is 0 Å². The number of likely N-dealkylation sites (N-methyl/N-ethyl adjacent to an activating group) is 3. The number of ether oxygens (including phenoxy) is 2. The van der Waals surface area contributed by atoms with Crippen LogP contribution in [0.2, 0.25) is 0 Å². The molecule has 20 nitrogen and oxygen atoms in total. The first-order chi connectivity index (χ1) is 42.6. The fraction of sp³-hybridized carbons (Fsp3) is 0.449. The number of amides is 7. The highest BCUT2D eigenvalue weighted by Crippen LogP contribution is 2.29. The van der Waals surface area contributed by atoms with Crippen molar-refractivity contribution in [3.8, 4) is 0 Å². The summed E-state index contributed by atoms with van der Waals surface area (Å²) in [6.45, 7) is 13.2. The van der Waals surface area contributed by atoms with E-state index in [4.69, 9.17) is 9.47 Å². The Morgan fingerprint density at radius 2 is 0.876 bits per heavy atom. The maximum atomic E-state index is 14.3. The van der Waals surface area contributed by atoms with Gasteiger partial charge >= 0.3 is 0 Å². The lowest BCUT2D eigenvalue weighted by molar-refractivity contribution is -0.144. The van der Waals surface area contributed by atoms with Crippen molar-refractivity contribution in [2.24, 2.45) is 10.8 Å². The zero-order valence-electron chi connectivity index (χ0n) is 53.0. The van der Waals surface area contributed by atoms with E-state index in [0.717, 1.165) is 22.3 Å². The van der Waals surface area contributed by atoms with Gasteiger partial charge in [0.1, 0.15) is 30.5 Å². The fourth-order valence-electron chi connectivity index (χ4n) is 10.8. The summed E-state index contributed by atoms with van der Waals surface area (Å²) in [6.07, 6.45) is 2.45. The van der Waals surface area contributed by atoms with Crippen LogP contribution >= 0.6 is 0 Å². The van der Waals surface area contributed by atoms with E-state index in [1.165, 1.54) is 4.90 Å². The summed E-state index contributed by atoms with van der Waals surface area (Å²) < 4.78 is 12.1. The highest BCUT2D eigenvalue weighted by molar-refractivity contribution is 5.97. The predicted molar refractivity (Wildman–Crippen MR) is 343 cm³/mol. The van der Waals surface area contributed by atoms with Crippen molar-refractivity contribution in [2.75, 3.05) is 60.5 Å². The Labute approximate surface area is 524 Å². The van der Waals surface area contributed by atoms with Gasteiger partial charge in [-0.2, -0.15) is 0 Å². The molecule has 8 N–H and O–H groups in total. The summed E-state index contributed by atoms with van der Waals surface area (Å²) in [4.78, 5) is 109. The minimum absolute atomic E-state index is 0.0233. The molecular weight excluding hydrogens is 1130 g/mol. The lowest BCUT2D eigenvalue weighted by Gasteiger charge is -2.35. The molecule has 2 aliphatic rings. The van der Waals surface area contributed by atoms with Gasteiger partial charge in [0.05, 0.1) is 51.6 Å². The number of likely N-dealkylation sites (tertiary alicyclic amines) is 2. The van der Waals surface area contributed by atoms with Crippen LogP contribution < -0.4 is 42.5 Å². The van der Waals surface area contributed by atoms with Gasteiger partial charge in [-0.05, 0) is 92.0 Å². The van der Waals surface area contributed by atoms with Gasteiger partial charge < -0.3 is 61.8 Å². The normalized spacial score (nSPS) is 17.8. The molecule has 8 atom stereocenters. The molecule has 8 unspecified atom stereocenters. The number of carbonyl (C=O) groups excluding carboxylic acids is 8. The Morgan fingerprint density at radius 3 is 1.24 bits per heavy atom. The number of benzene rings is 5. The van der Waals surface area contributed by atoms with E-state index < -0.39 is 53.0 Å².